The molecule has 27 heavy (non-hydrogen) atoms. The van der Waals surface area contributed by atoms with Crippen LogP contribution in [0, 0.1) is 12.7 Å². The molecule has 0 aliphatic carbocycles. The fourth-order valence-corrected chi connectivity index (χ4v) is 2.84. The van der Waals surface area contributed by atoms with E-state index in [0.717, 1.165) is 17.1 Å². The molecule has 0 spiro atoms. The first-order chi connectivity index (χ1) is 13.2. The molecular formula is C20H19FN4O2. The van der Waals surface area contributed by atoms with Gasteiger partial charge >= 0.3 is 0 Å². The van der Waals surface area contributed by atoms with Gasteiger partial charge in [-0.3, -0.25) is 0 Å². The Bertz CT molecular complexity index is 964. The van der Waals surface area contributed by atoms with Crippen LogP contribution in [-0.2, 0) is 6.42 Å². The Kier molecular flexibility index (Phi) is 4.74. The zero-order valence-electron chi connectivity index (χ0n) is 14.8. The number of halogens is 1. The highest BCUT2D eigenvalue weighted by Gasteiger charge is 2.13. The lowest BCUT2D eigenvalue weighted by molar-refractivity contribution is 0.174. The Labute approximate surface area is 156 Å². The fraction of sp³-hybridized carbons (Fsp3) is 0.200. The van der Waals surface area contributed by atoms with Crippen LogP contribution in [0.15, 0.2) is 48.5 Å². The SMILES string of the molecule is Cc1cc(NCCc2ccccc2F)nc(Nc2ccc3c(c2)OCO3)n1. The zero-order valence-corrected chi connectivity index (χ0v) is 14.8. The minimum Gasteiger partial charge on any atom is -0.454 e. The molecule has 0 atom stereocenters. The van der Waals surface area contributed by atoms with Gasteiger partial charge in [-0.05, 0) is 37.1 Å². The van der Waals surface area contributed by atoms with Crippen LogP contribution in [0.2, 0.25) is 0 Å². The molecular weight excluding hydrogens is 347 g/mol. The largest absolute Gasteiger partial charge is 0.454 e. The molecule has 0 radical (unpaired) electrons. The fourth-order valence-electron chi connectivity index (χ4n) is 2.84. The van der Waals surface area contributed by atoms with Crippen LogP contribution in [0.1, 0.15) is 11.3 Å². The molecule has 7 heteroatoms. The predicted octanol–water partition coefficient (Wildman–Crippen LogP) is 4.05. The summed E-state index contributed by atoms with van der Waals surface area (Å²) in [5.41, 5.74) is 2.30. The third-order valence-electron chi connectivity index (χ3n) is 4.14. The van der Waals surface area contributed by atoms with E-state index in [1.54, 1.807) is 12.1 Å². The Morgan fingerprint density at radius 3 is 2.78 bits per heavy atom. The summed E-state index contributed by atoms with van der Waals surface area (Å²) in [5.74, 6) is 2.38. The number of aromatic nitrogens is 2. The summed E-state index contributed by atoms with van der Waals surface area (Å²) in [5, 5.41) is 6.40. The van der Waals surface area contributed by atoms with Crippen molar-refractivity contribution in [2.24, 2.45) is 0 Å². The van der Waals surface area contributed by atoms with E-state index >= 15 is 0 Å². The Balaban J connectivity index is 1.43. The lowest BCUT2D eigenvalue weighted by Crippen LogP contribution is -2.09. The minimum atomic E-state index is -0.191. The monoisotopic (exact) mass is 366 g/mol. The number of rotatable bonds is 6. The van der Waals surface area contributed by atoms with Crippen molar-refractivity contribution >= 4 is 17.5 Å². The first-order valence-corrected chi connectivity index (χ1v) is 8.67. The van der Waals surface area contributed by atoms with Crippen LogP contribution in [0.4, 0.5) is 21.8 Å². The molecule has 1 aliphatic rings. The number of hydrogen-bond acceptors (Lipinski definition) is 6. The van der Waals surface area contributed by atoms with E-state index in [1.807, 2.05) is 37.3 Å². The van der Waals surface area contributed by atoms with Gasteiger partial charge in [0.25, 0.3) is 0 Å². The van der Waals surface area contributed by atoms with Crippen LogP contribution in [0.3, 0.4) is 0 Å². The van der Waals surface area contributed by atoms with Gasteiger partial charge < -0.3 is 20.1 Å². The van der Waals surface area contributed by atoms with E-state index in [0.29, 0.717) is 36.0 Å². The third-order valence-corrected chi connectivity index (χ3v) is 4.14. The maximum Gasteiger partial charge on any atom is 0.231 e. The topological polar surface area (TPSA) is 68.3 Å². The predicted molar refractivity (Wildman–Crippen MR) is 101 cm³/mol. The van der Waals surface area contributed by atoms with Gasteiger partial charge in [0.15, 0.2) is 11.5 Å². The summed E-state index contributed by atoms with van der Waals surface area (Å²) in [6.45, 7) is 2.70. The molecule has 0 unspecified atom stereocenters. The van der Waals surface area contributed by atoms with Crippen LogP contribution < -0.4 is 20.1 Å². The van der Waals surface area contributed by atoms with Gasteiger partial charge in [-0.25, -0.2) is 9.37 Å². The molecule has 0 amide bonds. The first-order valence-electron chi connectivity index (χ1n) is 8.67. The van der Waals surface area contributed by atoms with Gasteiger partial charge in [-0.2, -0.15) is 4.98 Å². The molecule has 138 valence electrons. The van der Waals surface area contributed by atoms with Crippen molar-refractivity contribution in [1.29, 1.82) is 0 Å². The number of hydrogen-bond donors (Lipinski definition) is 2. The van der Waals surface area contributed by atoms with Gasteiger partial charge in [0.1, 0.15) is 11.6 Å². The van der Waals surface area contributed by atoms with Gasteiger partial charge in [0, 0.05) is 30.1 Å². The standard InChI is InChI=1S/C20H19FN4O2/c1-13-10-19(22-9-8-14-4-2-3-5-16(14)21)25-20(23-13)24-15-6-7-17-18(11-15)27-12-26-17/h2-7,10-11H,8-9,12H2,1H3,(H2,22,23,24,25). The first kappa shape index (κ1) is 17.1. The van der Waals surface area contributed by atoms with Gasteiger partial charge in [0.2, 0.25) is 12.7 Å². The van der Waals surface area contributed by atoms with E-state index in [4.69, 9.17) is 9.47 Å². The van der Waals surface area contributed by atoms with Crippen LogP contribution in [-0.4, -0.2) is 23.3 Å². The lowest BCUT2D eigenvalue weighted by atomic mass is 10.1. The lowest BCUT2D eigenvalue weighted by Gasteiger charge is -2.10. The molecule has 2 heterocycles. The highest BCUT2D eigenvalue weighted by molar-refractivity contribution is 5.61. The average molecular weight is 366 g/mol. The van der Waals surface area contributed by atoms with Crippen molar-refractivity contribution in [2.45, 2.75) is 13.3 Å². The molecule has 1 aromatic heterocycles. The molecule has 0 saturated carbocycles. The molecule has 2 N–H and O–H groups in total. The van der Waals surface area contributed by atoms with Gasteiger partial charge in [-0.1, -0.05) is 18.2 Å². The van der Waals surface area contributed by atoms with Crippen LogP contribution in [0.5, 0.6) is 11.5 Å². The summed E-state index contributed by atoms with van der Waals surface area (Å²) in [4.78, 5) is 8.89. The number of anilines is 3. The number of fused-ring (bicyclic) bond motifs is 1. The smallest absolute Gasteiger partial charge is 0.231 e. The molecule has 6 nitrogen and oxygen atoms in total. The summed E-state index contributed by atoms with van der Waals surface area (Å²) in [7, 11) is 0. The summed E-state index contributed by atoms with van der Waals surface area (Å²) in [6, 6.07) is 14.2. The highest BCUT2D eigenvalue weighted by atomic mass is 19.1. The Hall–Kier alpha value is -3.35. The Morgan fingerprint density at radius 1 is 1.04 bits per heavy atom. The van der Waals surface area contributed by atoms with E-state index < -0.39 is 0 Å². The minimum absolute atomic E-state index is 0.191. The van der Waals surface area contributed by atoms with Gasteiger partial charge in [0.05, 0.1) is 0 Å². The van der Waals surface area contributed by atoms with Crippen LogP contribution >= 0.6 is 0 Å². The second-order valence-corrected chi connectivity index (χ2v) is 6.18. The number of aryl methyl sites for hydroxylation is 1. The maximum atomic E-state index is 13.7. The van der Waals surface area contributed by atoms with Crippen LogP contribution in [0.25, 0.3) is 0 Å². The maximum absolute atomic E-state index is 13.7. The number of ether oxygens (including phenoxy) is 2. The Morgan fingerprint density at radius 2 is 1.89 bits per heavy atom. The molecule has 0 bridgehead atoms. The number of benzene rings is 2. The summed E-state index contributed by atoms with van der Waals surface area (Å²) >= 11 is 0. The van der Waals surface area contributed by atoms with Crippen molar-refractivity contribution in [1.82, 2.24) is 9.97 Å². The summed E-state index contributed by atoms with van der Waals surface area (Å²) < 4.78 is 24.4. The molecule has 4 rings (SSSR count). The van der Waals surface area contributed by atoms with Crippen molar-refractivity contribution in [3.05, 3.63) is 65.6 Å². The van der Waals surface area contributed by atoms with Crippen molar-refractivity contribution in [3.8, 4) is 11.5 Å². The van der Waals surface area contributed by atoms with Crippen molar-refractivity contribution in [2.75, 3.05) is 24.0 Å². The third kappa shape index (κ3) is 4.08. The number of nitrogens with zero attached hydrogens (tertiary/aromatic N) is 2. The molecule has 1 aliphatic heterocycles. The van der Waals surface area contributed by atoms with E-state index in [9.17, 15) is 4.39 Å². The normalized spacial score (nSPS) is 12.1. The quantitative estimate of drug-likeness (QED) is 0.686. The molecule has 0 saturated heterocycles. The molecule has 0 fully saturated rings. The highest BCUT2D eigenvalue weighted by Crippen LogP contribution is 2.34. The second kappa shape index (κ2) is 7.49. The molecule has 3 aromatic rings. The van der Waals surface area contributed by atoms with Crippen molar-refractivity contribution in [3.63, 3.8) is 0 Å². The van der Waals surface area contributed by atoms with Crippen molar-refractivity contribution < 1.29 is 13.9 Å². The summed E-state index contributed by atoms with van der Waals surface area (Å²) in [6.07, 6.45) is 0.570. The van der Waals surface area contributed by atoms with E-state index in [2.05, 4.69) is 20.6 Å². The average Bonchev–Trinajstić information content (AvgIpc) is 3.11. The zero-order chi connectivity index (χ0) is 18.6. The van der Waals surface area contributed by atoms with E-state index in [1.165, 1.54) is 6.07 Å². The molecule has 2 aromatic carbocycles. The van der Waals surface area contributed by atoms with Gasteiger partial charge in [-0.15, -0.1) is 0 Å². The van der Waals surface area contributed by atoms with E-state index in [-0.39, 0.29) is 12.6 Å². The second-order valence-electron chi connectivity index (χ2n) is 6.18. The number of nitrogens with one attached hydrogen (secondary N) is 2.